The van der Waals surface area contributed by atoms with Gasteiger partial charge in [-0.3, -0.25) is 9.88 Å². The van der Waals surface area contributed by atoms with Crippen LogP contribution in [0.2, 0.25) is 0 Å². The Morgan fingerprint density at radius 3 is 2.81 bits per heavy atom. The van der Waals surface area contributed by atoms with Gasteiger partial charge in [0.1, 0.15) is 0 Å². The van der Waals surface area contributed by atoms with Crippen LogP contribution < -0.4 is 0 Å². The monoisotopic (exact) mass is 286 g/mol. The van der Waals surface area contributed by atoms with Crippen LogP contribution in [-0.2, 0) is 6.54 Å². The summed E-state index contributed by atoms with van der Waals surface area (Å²) in [6.45, 7) is 7.03. The van der Waals surface area contributed by atoms with Gasteiger partial charge in [0.2, 0.25) is 11.8 Å². The molecule has 5 heteroatoms. The van der Waals surface area contributed by atoms with E-state index in [1.807, 2.05) is 12.4 Å². The molecule has 0 radical (unpaired) electrons. The second-order valence-electron chi connectivity index (χ2n) is 6.04. The molecule has 3 heterocycles. The van der Waals surface area contributed by atoms with Crippen molar-refractivity contribution in [3.63, 3.8) is 0 Å². The van der Waals surface area contributed by atoms with E-state index in [1.165, 1.54) is 18.4 Å². The summed E-state index contributed by atoms with van der Waals surface area (Å²) in [4.78, 5) is 6.51. The molecule has 1 aliphatic rings. The van der Waals surface area contributed by atoms with Crippen LogP contribution in [0.15, 0.2) is 28.9 Å². The molecule has 0 aromatic carbocycles. The molecule has 0 N–H and O–H groups in total. The third kappa shape index (κ3) is 3.47. The Balaban J connectivity index is 1.63. The number of piperidine rings is 1. The molecule has 0 saturated carbocycles. The first-order valence-electron chi connectivity index (χ1n) is 7.67. The fourth-order valence-corrected chi connectivity index (χ4v) is 2.86. The first-order chi connectivity index (χ1) is 10.2. The lowest BCUT2D eigenvalue weighted by Gasteiger charge is -2.31. The number of hydrogen-bond acceptors (Lipinski definition) is 5. The van der Waals surface area contributed by atoms with Gasteiger partial charge in [-0.05, 0) is 43.0 Å². The minimum absolute atomic E-state index is 0.289. The largest absolute Gasteiger partial charge is 0.424 e. The highest BCUT2D eigenvalue weighted by molar-refractivity contribution is 5.16. The molecule has 0 spiro atoms. The topological polar surface area (TPSA) is 55.1 Å². The number of pyridine rings is 1. The molecule has 2 aromatic rings. The second-order valence-corrected chi connectivity index (χ2v) is 6.04. The zero-order chi connectivity index (χ0) is 14.7. The third-order valence-electron chi connectivity index (χ3n) is 4.02. The summed E-state index contributed by atoms with van der Waals surface area (Å²) >= 11 is 0. The molecule has 21 heavy (non-hydrogen) atoms. The van der Waals surface area contributed by atoms with E-state index >= 15 is 0 Å². The standard InChI is InChI=1S/C16H22N4O/c1-12(2)16-19-18-15(21-16)11-20-9-3-4-14(10-20)13-5-7-17-8-6-13/h5-8,12,14H,3-4,9-11H2,1-2H3/t14-/m1/s1. The number of aromatic nitrogens is 3. The van der Waals surface area contributed by atoms with Crippen LogP contribution in [0, 0.1) is 0 Å². The molecule has 112 valence electrons. The van der Waals surface area contributed by atoms with Crippen LogP contribution in [0.1, 0.15) is 55.9 Å². The smallest absolute Gasteiger partial charge is 0.230 e. The molecule has 2 aromatic heterocycles. The van der Waals surface area contributed by atoms with Crippen LogP contribution in [0.25, 0.3) is 0 Å². The van der Waals surface area contributed by atoms with Gasteiger partial charge in [0.05, 0.1) is 6.54 Å². The van der Waals surface area contributed by atoms with E-state index in [2.05, 4.69) is 46.1 Å². The lowest BCUT2D eigenvalue weighted by molar-refractivity contribution is 0.182. The molecule has 1 atom stereocenters. The Morgan fingerprint density at radius 1 is 1.29 bits per heavy atom. The molecule has 1 aliphatic heterocycles. The van der Waals surface area contributed by atoms with Gasteiger partial charge in [-0.2, -0.15) is 0 Å². The SMILES string of the molecule is CC(C)c1nnc(CN2CCC[C@@H](c3ccncc3)C2)o1. The number of hydrogen-bond donors (Lipinski definition) is 0. The zero-order valence-corrected chi connectivity index (χ0v) is 12.7. The van der Waals surface area contributed by atoms with E-state index in [0.29, 0.717) is 5.92 Å². The second kappa shape index (κ2) is 6.35. The molecule has 0 aliphatic carbocycles. The van der Waals surface area contributed by atoms with Crippen molar-refractivity contribution in [1.29, 1.82) is 0 Å². The summed E-state index contributed by atoms with van der Waals surface area (Å²) in [7, 11) is 0. The fraction of sp³-hybridized carbons (Fsp3) is 0.562. The molecule has 1 saturated heterocycles. The van der Waals surface area contributed by atoms with Crippen molar-refractivity contribution in [3.05, 3.63) is 41.9 Å². The van der Waals surface area contributed by atoms with E-state index in [-0.39, 0.29) is 5.92 Å². The van der Waals surface area contributed by atoms with Crippen molar-refractivity contribution in [2.45, 2.75) is 45.1 Å². The molecule has 0 unspecified atom stereocenters. The van der Waals surface area contributed by atoms with Gasteiger partial charge in [-0.15, -0.1) is 10.2 Å². The normalized spacial score (nSPS) is 20.0. The molecule has 0 bridgehead atoms. The van der Waals surface area contributed by atoms with Gasteiger partial charge < -0.3 is 4.42 Å². The maximum atomic E-state index is 5.71. The maximum Gasteiger partial charge on any atom is 0.230 e. The molecular formula is C16H22N4O. The van der Waals surface area contributed by atoms with Crippen molar-refractivity contribution in [2.24, 2.45) is 0 Å². The van der Waals surface area contributed by atoms with E-state index in [9.17, 15) is 0 Å². The first-order valence-corrected chi connectivity index (χ1v) is 7.67. The minimum Gasteiger partial charge on any atom is -0.424 e. The lowest BCUT2D eigenvalue weighted by atomic mass is 9.91. The quantitative estimate of drug-likeness (QED) is 0.865. The van der Waals surface area contributed by atoms with E-state index in [1.54, 1.807) is 0 Å². The fourth-order valence-electron chi connectivity index (χ4n) is 2.86. The molecule has 5 nitrogen and oxygen atoms in total. The predicted molar refractivity (Wildman–Crippen MR) is 79.9 cm³/mol. The molecule has 0 amide bonds. The van der Waals surface area contributed by atoms with Crippen molar-refractivity contribution in [1.82, 2.24) is 20.1 Å². The van der Waals surface area contributed by atoms with Crippen molar-refractivity contribution in [2.75, 3.05) is 13.1 Å². The van der Waals surface area contributed by atoms with Gasteiger partial charge in [-0.25, -0.2) is 0 Å². The zero-order valence-electron chi connectivity index (χ0n) is 12.7. The van der Waals surface area contributed by atoms with Crippen LogP contribution in [-0.4, -0.2) is 33.2 Å². The van der Waals surface area contributed by atoms with E-state index in [0.717, 1.165) is 31.4 Å². The third-order valence-corrected chi connectivity index (χ3v) is 4.02. The van der Waals surface area contributed by atoms with Crippen LogP contribution in [0.5, 0.6) is 0 Å². The molecular weight excluding hydrogens is 264 g/mol. The predicted octanol–water partition coefficient (Wildman–Crippen LogP) is 2.97. The summed E-state index contributed by atoms with van der Waals surface area (Å²) in [6.07, 6.45) is 6.20. The summed E-state index contributed by atoms with van der Waals surface area (Å²) in [5, 5.41) is 8.27. The Labute approximate surface area is 125 Å². The Morgan fingerprint density at radius 2 is 2.10 bits per heavy atom. The van der Waals surface area contributed by atoms with Crippen LogP contribution in [0.4, 0.5) is 0 Å². The van der Waals surface area contributed by atoms with Crippen molar-refractivity contribution in [3.8, 4) is 0 Å². The van der Waals surface area contributed by atoms with Crippen LogP contribution in [0.3, 0.4) is 0 Å². The average molecular weight is 286 g/mol. The Hall–Kier alpha value is -1.75. The highest BCUT2D eigenvalue weighted by Gasteiger charge is 2.23. The number of nitrogens with zero attached hydrogens (tertiary/aromatic N) is 4. The van der Waals surface area contributed by atoms with Crippen LogP contribution >= 0.6 is 0 Å². The van der Waals surface area contributed by atoms with E-state index in [4.69, 9.17) is 4.42 Å². The van der Waals surface area contributed by atoms with E-state index < -0.39 is 0 Å². The van der Waals surface area contributed by atoms with Gasteiger partial charge in [0.15, 0.2) is 0 Å². The maximum absolute atomic E-state index is 5.71. The first kappa shape index (κ1) is 14.2. The highest BCUT2D eigenvalue weighted by atomic mass is 16.4. The summed E-state index contributed by atoms with van der Waals surface area (Å²) in [5.74, 6) is 2.33. The number of likely N-dealkylation sites (tertiary alicyclic amines) is 1. The molecule has 1 fully saturated rings. The Bertz CT molecular complexity index is 567. The van der Waals surface area contributed by atoms with Gasteiger partial charge in [-0.1, -0.05) is 13.8 Å². The van der Waals surface area contributed by atoms with Gasteiger partial charge >= 0.3 is 0 Å². The average Bonchev–Trinajstić information content (AvgIpc) is 2.97. The van der Waals surface area contributed by atoms with Crippen molar-refractivity contribution >= 4 is 0 Å². The Kier molecular flexibility index (Phi) is 4.29. The summed E-state index contributed by atoms with van der Waals surface area (Å²) in [5.41, 5.74) is 1.38. The summed E-state index contributed by atoms with van der Waals surface area (Å²) in [6, 6.07) is 4.25. The summed E-state index contributed by atoms with van der Waals surface area (Å²) < 4.78 is 5.71. The molecule has 3 rings (SSSR count). The van der Waals surface area contributed by atoms with Gasteiger partial charge in [0.25, 0.3) is 0 Å². The lowest BCUT2D eigenvalue weighted by Crippen LogP contribution is -2.34. The minimum atomic E-state index is 0.289. The highest BCUT2D eigenvalue weighted by Crippen LogP contribution is 2.27. The number of rotatable bonds is 4. The van der Waals surface area contributed by atoms with Gasteiger partial charge in [0, 0.05) is 24.9 Å². The van der Waals surface area contributed by atoms with Crippen molar-refractivity contribution < 1.29 is 4.42 Å².